The van der Waals surface area contributed by atoms with E-state index in [4.69, 9.17) is 21.1 Å². The molecule has 3 rings (SSSR count). The maximum absolute atomic E-state index is 12.1. The fraction of sp³-hybridized carbons (Fsp3) is 0.579. The first-order chi connectivity index (χ1) is 11.6. The third kappa shape index (κ3) is 3.04. The lowest BCUT2D eigenvalue weighted by molar-refractivity contribution is -0.162. The molecule has 2 aliphatic carbocycles. The van der Waals surface area contributed by atoms with E-state index >= 15 is 0 Å². The number of rotatable bonds is 4. The van der Waals surface area contributed by atoms with Crippen LogP contribution in [0.25, 0.3) is 0 Å². The van der Waals surface area contributed by atoms with Gasteiger partial charge in [-0.1, -0.05) is 23.7 Å². The van der Waals surface area contributed by atoms with Gasteiger partial charge in [0.25, 0.3) is 0 Å². The Kier molecular flexibility index (Phi) is 5.14. The molecule has 0 unspecified atom stereocenters. The Morgan fingerprint density at radius 2 is 1.54 bits per heavy atom. The second-order valence-corrected chi connectivity index (χ2v) is 7.26. The quantitative estimate of drug-likeness (QED) is 0.612. The highest BCUT2D eigenvalue weighted by Gasteiger charge is 2.51. The molecule has 2 saturated carbocycles. The van der Waals surface area contributed by atoms with Crippen molar-refractivity contribution in [2.75, 3.05) is 14.2 Å². The number of methoxy groups -OCH3 is 2. The van der Waals surface area contributed by atoms with E-state index in [9.17, 15) is 9.59 Å². The van der Waals surface area contributed by atoms with Crippen LogP contribution in [0.1, 0.15) is 37.2 Å². The highest BCUT2D eigenvalue weighted by atomic mass is 35.5. The summed E-state index contributed by atoms with van der Waals surface area (Å²) >= 11 is 5.99. The van der Waals surface area contributed by atoms with Gasteiger partial charge in [-0.3, -0.25) is 9.59 Å². The van der Waals surface area contributed by atoms with Gasteiger partial charge in [-0.05, 0) is 67.1 Å². The Labute approximate surface area is 147 Å². The van der Waals surface area contributed by atoms with E-state index in [0.29, 0.717) is 17.8 Å². The van der Waals surface area contributed by atoms with Crippen LogP contribution in [0.3, 0.4) is 0 Å². The van der Waals surface area contributed by atoms with Gasteiger partial charge in [0, 0.05) is 5.02 Å². The second-order valence-electron chi connectivity index (χ2n) is 6.83. The summed E-state index contributed by atoms with van der Waals surface area (Å²) in [7, 11) is 2.66. The standard InChI is InChI=1S/C19H23ClO4/c1-23-18(21)17(19(22)24-2)16-10-9-14-13(7-8-15(14)16)11-3-5-12(20)6-4-11/h3-6,13-17H,7-10H2,1-2H3/t13-,14-,15+,16-/m0/s1. The molecule has 2 fully saturated rings. The van der Waals surface area contributed by atoms with Crippen LogP contribution in [-0.4, -0.2) is 26.2 Å². The first-order valence-corrected chi connectivity index (χ1v) is 8.85. The van der Waals surface area contributed by atoms with Crippen LogP contribution in [-0.2, 0) is 19.1 Å². The molecule has 0 aromatic heterocycles. The SMILES string of the molecule is COC(=O)C(C(=O)OC)[C@H]1CC[C@@H]2[C@H]1CC[C@H]2c1ccc(Cl)cc1. The van der Waals surface area contributed by atoms with Gasteiger partial charge in [0.2, 0.25) is 0 Å². The van der Waals surface area contributed by atoms with Crippen molar-refractivity contribution in [3.63, 3.8) is 0 Å². The molecule has 1 aromatic carbocycles. The Morgan fingerprint density at radius 1 is 0.958 bits per heavy atom. The van der Waals surface area contributed by atoms with Gasteiger partial charge in [-0.25, -0.2) is 0 Å². The van der Waals surface area contributed by atoms with E-state index in [2.05, 4.69) is 12.1 Å². The van der Waals surface area contributed by atoms with E-state index in [0.717, 1.165) is 30.7 Å². The fourth-order valence-electron chi connectivity index (χ4n) is 4.88. The van der Waals surface area contributed by atoms with Crippen molar-refractivity contribution in [1.82, 2.24) is 0 Å². The zero-order valence-corrected chi connectivity index (χ0v) is 14.8. The molecule has 4 atom stereocenters. The van der Waals surface area contributed by atoms with Crippen LogP contribution in [0.2, 0.25) is 5.02 Å². The minimum Gasteiger partial charge on any atom is -0.468 e. The average Bonchev–Trinajstić information content (AvgIpc) is 3.18. The number of carbonyl (C=O) groups excluding carboxylic acids is 2. The van der Waals surface area contributed by atoms with Crippen molar-refractivity contribution in [2.24, 2.45) is 23.7 Å². The summed E-state index contributed by atoms with van der Waals surface area (Å²) in [6, 6.07) is 8.06. The van der Waals surface area contributed by atoms with Crippen molar-refractivity contribution < 1.29 is 19.1 Å². The molecule has 2 aliphatic rings. The summed E-state index contributed by atoms with van der Waals surface area (Å²) < 4.78 is 9.73. The lowest BCUT2D eigenvalue weighted by Crippen LogP contribution is -2.35. The van der Waals surface area contributed by atoms with E-state index < -0.39 is 17.9 Å². The predicted octanol–water partition coefficient (Wildman–Crippen LogP) is 3.82. The molecule has 5 heteroatoms. The van der Waals surface area contributed by atoms with Crippen molar-refractivity contribution >= 4 is 23.5 Å². The van der Waals surface area contributed by atoms with E-state index in [1.165, 1.54) is 19.8 Å². The van der Waals surface area contributed by atoms with Gasteiger partial charge < -0.3 is 9.47 Å². The van der Waals surface area contributed by atoms with Gasteiger partial charge in [0.05, 0.1) is 14.2 Å². The molecule has 0 radical (unpaired) electrons. The highest BCUT2D eigenvalue weighted by molar-refractivity contribution is 6.30. The summed E-state index contributed by atoms with van der Waals surface area (Å²) in [5, 5.41) is 0.744. The Bertz CT molecular complexity index is 596. The largest absolute Gasteiger partial charge is 0.468 e. The van der Waals surface area contributed by atoms with Gasteiger partial charge in [-0.2, -0.15) is 0 Å². The van der Waals surface area contributed by atoms with Gasteiger partial charge in [0.1, 0.15) is 0 Å². The van der Waals surface area contributed by atoms with Gasteiger partial charge in [0.15, 0.2) is 5.92 Å². The zero-order valence-electron chi connectivity index (χ0n) is 14.0. The number of carbonyl (C=O) groups is 2. The third-order valence-electron chi connectivity index (χ3n) is 5.90. The van der Waals surface area contributed by atoms with E-state index in [1.807, 2.05) is 12.1 Å². The number of hydrogen-bond acceptors (Lipinski definition) is 4. The number of benzene rings is 1. The molecule has 1 aromatic rings. The van der Waals surface area contributed by atoms with Crippen LogP contribution in [0.4, 0.5) is 0 Å². The Hall–Kier alpha value is -1.55. The molecule has 0 spiro atoms. The van der Waals surface area contributed by atoms with Crippen molar-refractivity contribution in [3.8, 4) is 0 Å². The second kappa shape index (κ2) is 7.14. The van der Waals surface area contributed by atoms with Crippen LogP contribution in [0, 0.1) is 23.7 Å². The summed E-state index contributed by atoms with van der Waals surface area (Å²) in [5.41, 5.74) is 1.31. The van der Waals surface area contributed by atoms with E-state index in [1.54, 1.807) is 0 Å². The van der Waals surface area contributed by atoms with Crippen molar-refractivity contribution in [2.45, 2.75) is 31.6 Å². The molecule has 4 nitrogen and oxygen atoms in total. The molecular weight excluding hydrogens is 328 g/mol. The molecule has 24 heavy (non-hydrogen) atoms. The molecular formula is C19H23ClO4. The Morgan fingerprint density at radius 3 is 2.12 bits per heavy atom. The monoisotopic (exact) mass is 350 g/mol. The first-order valence-electron chi connectivity index (χ1n) is 8.48. The van der Waals surface area contributed by atoms with Gasteiger partial charge in [-0.15, -0.1) is 0 Å². The van der Waals surface area contributed by atoms with Crippen molar-refractivity contribution in [3.05, 3.63) is 34.9 Å². The predicted molar refractivity (Wildman–Crippen MR) is 90.7 cm³/mol. The van der Waals surface area contributed by atoms with Crippen LogP contribution >= 0.6 is 11.6 Å². The number of fused-ring (bicyclic) bond motifs is 1. The molecule has 0 aliphatic heterocycles. The fourth-order valence-corrected chi connectivity index (χ4v) is 5.01. The first kappa shape index (κ1) is 17.3. The Balaban J connectivity index is 1.80. The van der Waals surface area contributed by atoms with Crippen LogP contribution in [0.5, 0.6) is 0 Å². The number of hydrogen-bond donors (Lipinski definition) is 0. The smallest absolute Gasteiger partial charge is 0.320 e. The van der Waals surface area contributed by atoms with Crippen LogP contribution < -0.4 is 0 Å². The molecule has 0 saturated heterocycles. The number of ether oxygens (including phenoxy) is 2. The minimum absolute atomic E-state index is 0.0206. The zero-order chi connectivity index (χ0) is 17.3. The number of esters is 2. The third-order valence-corrected chi connectivity index (χ3v) is 6.15. The summed E-state index contributed by atoms with van der Waals surface area (Å²) in [6.07, 6.45) is 4.02. The summed E-state index contributed by atoms with van der Waals surface area (Å²) in [4.78, 5) is 24.3. The number of halogens is 1. The molecule has 0 bridgehead atoms. The maximum atomic E-state index is 12.1. The molecule has 0 N–H and O–H groups in total. The van der Waals surface area contributed by atoms with Gasteiger partial charge >= 0.3 is 11.9 Å². The van der Waals surface area contributed by atoms with Crippen LogP contribution in [0.15, 0.2) is 24.3 Å². The molecule has 130 valence electrons. The van der Waals surface area contributed by atoms with Crippen molar-refractivity contribution in [1.29, 1.82) is 0 Å². The summed E-state index contributed by atoms with van der Waals surface area (Å²) in [6.45, 7) is 0. The lowest BCUT2D eigenvalue weighted by atomic mass is 9.80. The normalized spacial score (nSPS) is 28.7. The average molecular weight is 351 g/mol. The topological polar surface area (TPSA) is 52.6 Å². The summed E-state index contributed by atoms with van der Waals surface area (Å²) in [5.74, 6) is -0.355. The molecule has 0 amide bonds. The van der Waals surface area contributed by atoms with E-state index in [-0.39, 0.29) is 5.92 Å². The lowest BCUT2D eigenvalue weighted by Gasteiger charge is -2.25. The molecule has 0 heterocycles. The maximum Gasteiger partial charge on any atom is 0.320 e. The highest BCUT2D eigenvalue weighted by Crippen LogP contribution is 2.56. The minimum atomic E-state index is -0.793.